The van der Waals surface area contributed by atoms with Gasteiger partial charge in [0.25, 0.3) is 5.91 Å². The van der Waals surface area contributed by atoms with Crippen LogP contribution in [0, 0.1) is 0 Å². The molecule has 8 nitrogen and oxygen atoms in total. The number of aromatic hydroxyl groups is 1. The van der Waals surface area contributed by atoms with Crippen molar-refractivity contribution >= 4 is 15.9 Å². The zero-order valence-corrected chi connectivity index (χ0v) is 17.8. The Hall–Kier alpha value is -2.78. The summed E-state index contributed by atoms with van der Waals surface area (Å²) in [4.78, 5) is 14.5. The van der Waals surface area contributed by atoms with Crippen molar-refractivity contribution in [2.24, 2.45) is 0 Å². The minimum atomic E-state index is -3.64. The molecule has 2 aromatic carbocycles. The van der Waals surface area contributed by atoms with Gasteiger partial charge in [-0.3, -0.25) is 4.79 Å². The fraction of sp³-hybridized carbons (Fsp3) is 0.381. The number of nitrogens with zero attached hydrogens (tertiary/aromatic N) is 1. The molecule has 1 aliphatic rings. The van der Waals surface area contributed by atoms with Crippen LogP contribution in [-0.4, -0.2) is 56.7 Å². The first-order valence-corrected chi connectivity index (χ1v) is 11.2. The first kappa shape index (κ1) is 21.9. The molecule has 1 amide bonds. The maximum Gasteiger partial charge on any atom is 0.263 e. The second kappa shape index (κ2) is 9.36. The van der Waals surface area contributed by atoms with Crippen molar-refractivity contribution < 1.29 is 27.8 Å². The van der Waals surface area contributed by atoms with Crippen LogP contribution in [0.2, 0.25) is 0 Å². The van der Waals surface area contributed by atoms with Gasteiger partial charge in [0.1, 0.15) is 17.2 Å². The summed E-state index contributed by atoms with van der Waals surface area (Å²) in [7, 11) is -2.12. The number of ether oxygens (including phenoxy) is 2. The Morgan fingerprint density at radius 3 is 2.20 bits per heavy atom. The molecule has 9 heteroatoms. The molecular formula is C21H26N2O6S. The minimum absolute atomic E-state index is 0.125. The fourth-order valence-electron chi connectivity index (χ4n) is 3.30. The minimum Gasteiger partial charge on any atom is -0.508 e. The first-order valence-electron chi connectivity index (χ1n) is 9.69. The summed E-state index contributed by atoms with van der Waals surface area (Å²) in [5.74, 6) is 1.06. The van der Waals surface area contributed by atoms with Gasteiger partial charge in [-0.2, -0.15) is 0 Å². The van der Waals surface area contributed by atoms with Gasteiger partial charge < -0.3 is 19.5 Å². The molecule has 1 atom stereocenters. The van der Waals surface area contributed by atoms with E-state index in [9.17, 15) is 18.3 Å². The quantitative estimate of drug-likeness (QED) is 0.692. The number of phenols is 1. The lowest BCUT2D eigenvalue weighted by molar-refractivity contribution is -0.139. The predicted molar refractivity (Wildman–Crippen MR) is 111 cm³/mol. The van der Waals surface area contributed by atoms with Gasteiger partial charge in [-0.15, -0.1) is 0 Å². The SMILES string of the molecule is COc1ccc(S(=O)(=O)NC2CCN(C(=O)C(C)Oc3ccc(O)cc3)CC2)cc1. The number of carbonyl (C=O) groups is 1. The van der Waals surface area contributed by atoms with E-state index in [0.29, 0.717) is 37.4 Å². The van der Waals surface area contributed by atoms with Crippen molar-refractivity contribution in [1.82, 2.24) is 9.62 Å². The van der Waals surface area contributed by atoms with Crippen LogP contribution in [0.5, 0.6) is 17.2 Å². The van der Waals surface area contributed by atoms with Crippen molar-refractivity contribution in [1.29, 1.82) is 0 Å². The average Bonchev–Trinajstić information content (AvgIpc) is 2.75. The maximum absolute atomic E-state index is 12.6. The third kappa shape index (κ3) is 5.43. The van der Waals surface area contributed by atoms with Crippen LogP contribution in [0.15, 0.2) is 53.4 Å². The molecule has 1 saturated heterocycles. The Kier molecular flexibility index (Phi) is 6.84. The van der Waals surface area contributed by atoms with Crippen LogP contribution in [0.4, 0.5) is 0 Å². The summed E-state index contributed by atoms with van der Waals surface area (Å²) in [6.07, 6.45) is 0.363. The van der Waals surface area contributed by atoms with Crippen LogP contribution in [0.1, 0.15) is 19.8 Å². The third-order valence-corrected chi connectivity index (χ3v) is 6.53. The monoisotopic (exact) mass is 434 g/mol. The number of benzene rings is 2. The molecule has 0 aromatic heterocycles. The van der Waals surface area contributed by atoms with Gasteiger partial charge in [-0.1, -0.05) is 0 Å². The molecule has 1 fully saturated rings. The van der Waals surface area contributed by atoms with Gasteiger partial charge in [0.15, 0.2) is 6.10 Å². The Balaban J connectivity index is 1.52. The number of methoxy groups -OCH3 is 1. The molecule has 162 valence electrons. The fourth-order valence-corrected chi connectivity index (χ4v) is 4.60. The van der Waals surface area contributed by atoms with E-state index >= 15 is 0 Å². The second-order valence-electron chi connectivity index (χ2n) is 7.15. The zero-order valence-electron chi connectivity index (χ0n) is 16.9. The standard InChI is InChI=1S/C21H26N2O6S/c1-15(29-19-5-3-17(24)4-6-19)21(25)23-13-11-16(12-14-23)22-30(26,27)20-9-7-18(28-2)8-10-20/h3-10,15-16,22,24H,11-14H2,1-2H3. The molecule has 1 aliphatic heterocycles. The summed E-state index contributed by atoms with van der Waals surface area (Å²) in [5.41, 5.74) is 0. The highest BCUT2D eigenvalue weighted by Gasteiger charge is 2.29. The molecule has 3 rings (SSSR count). The lowest BCUT2D eigenvalue weighted by Crippen LogP contribution is -2.49. The number of likely N-dealkylation sites (tertiary alicyclic amines) is 1. The number of hydrogen-bond acceptors (Lipinski definition) is 6. The summed E-state index contributed by atoms with van der Waals surface area (Å²) in [5, 5.41) is 9.32. The summed E-state index contributed by atoms with van der Waals surface area (Å²) < 4.78 is 38.6. The number of sulfonamides is 1. The molecular weight excluding hydrogens is 408 g/mol. The first-order chi connectivity index (χ1) is 14.3. The van der Waals surface area contributed by atoms with Crippen LogP contribution in [-0.2, 0) is 14.8 Å². The van der Waals surface area contributed by atoms with E-state index in [1.54, 1.807) is 36.1 Å². The second-order valence-corrected chi connectivity index (χ2v) is 8.86. The van der Waals surface area contributed by atoms with E-state index in [1.807, 2.05) is 0 Å². The van der Waals surface area contributed by atoms with Gasteiger partial charge in [-0.25, -0.2) is 13.1 Å². The topological polar surface area (TPSA) is 105 Å². The van der Waals surface area contributed by atoms with Gasteiger partial charge in [-0.05, 0) is 68.3 Å². The van der Waals surface area contributed by atoms with Crippen LogP contribution in [0.3, 0.4) is 0 Å². The van der Waals surface area contributed by atoms with E-state index in [4.69, 9.17) is 9.47 Å². The van der Waals surface area contributed by atoms with E-state index < -0.39 is 16.1 Å². The van der Waals surface area contributed by atoms with E-state index in [0.717, 1.165) is 0 Å². The Morgan fingerprint density at radius 1 is 1.07 bits per heavy atom. The number of carbonyl (C=O) groups excluding carboxylic acids is 1. The predicted octanol–water partition coefficient (Wildman–Crippen LogP) is 2.14. The highest BCUT2D eigenvalue weighted by atomic mass is 32.2. The van der Waals surface area contributed by atoms with Crippen molar-refractivity contribution in [2.75, 3.05) is 20.2 Å². The number of hydrogen-bond donors (Lipinski definition) is 2. The smallest absolute Gasteiger partial charge is 0.263 e. The molecule has 2 N–H and O–H groups in total. The molecule has 0 radical (unpaired) electrons. The molecule has 1 heterocycles. The largest absolute Gasteiger partial charge is 0.508 e. The summed E-state index contributed by atoms with van der Waals surface area (Å²) >= 11 is 0. The summed E-state index contributed by atoms with van der Waals surface area (Å²) in [6.45, 7) is 2.56. The molecule has 0 bridgehead atoms. The molecule has 1 unspecified atom stereocenters. The Morgan fingerprint density at radius 2 is 1.63 bits per heavy atom. The van der Waals surface area contributed by atoms with Crippen molar-refractivity contribution in [2.45, 2.75) is 36.8 Å². The lowest BCUT2D eigenvalue weighted by Gasteiger charge is -2.33. The molecule has 0 saturated carbocycles. The van der Waals surface area contributed by atoms with Crippen LogP contribution >= 0.6 is 0 Å². The van der Waals surface area contributed by atoms with Crippen molar-refractivity contribution in [3.63, 3.8) is 0 Å². The van der Waals surface area contributed by atoms with Crippen LogP contribution < -0.4 is 14.2 Å². The average molecular weight is 435 g/mol. The van der Waals surface area contributed by atoms with E-state index in [-0.39, 0.29) is 22.6 Å². The zero-order chi connectivity index (χ0) is 21.7. The summed E-state index contributed by atoms with van der Waals surface area (Å²) in [6, 6.07) is 12.1. The molecule has 2 aromatic rings. The van der Waals surface area contributed by atoms with Gasteiger partial charge in [0, 0.05) is 19.1 Å². The van der Waals surface area contributed by atoms with Gasteiger partial charge in [0.05, 0.1) is 12.0 Å². The third-order valence-electron chi connectivity index (χ3n) is 5.00. The maximum atomic E-state index is 12.6. The number of piperidine rings is 1. The number of amides is 1. The Bertz CT molecular complexity index is 952. The number of rotatable bonds is 7. The highest BCUT2D eigenvalue weighted by Crippen LogP contribution is 2.20. The van der Waals surface area contributed by atoms with Gasteiger partial charge >= 0.3 is 0 Å². The normalized spacial score (nSPS) is 16.1. The highest BCUT2D eigenvalue weighted by molar-refractivity contribution is 7.89. The number of phenolic OH excluding ortho intramolecular Hbond substituents is 1. The van der Waals surface area contributed by atoms with Crippen molar-refractivity contribution in [3.05, 3.63) is 48.5 Å². The van der Waals surface area contributed by atoms with E-state index in [1.165, 1.54) is 31.4 Å². The Labute approximate surface area is 176 Å². The number of nitrogens with one attached hydrogen (secondary N) is 1. The lowest BCUT2D eigenvalue weighted by atomic mass is 10.1. The van der Waals surface area contributed by atoms with E-state index in [2.05, 4.69) is 4.72 Å². The van der Waals surface area contributed by atoms with Crippen molar-refractivity contribution in [3.8, 4) is 17.2 Å². The molecule has 0 aliphatic carbocycles. The van der Waals surface area contributed by atoms with Gasteiger partial charge in [0.2, 0.25) is 10.0 Å². The van der Waals surface area contributed by atoms with Crippen LogP contribution in [0.25, 0.3) is 0 Å². The molecule has 30 heavy (non-hydrogen) atoms. The molecule has 0 spiro atoms.